The van der Waals surface area contributed by atoms with E-state index in [1.807, 2.05) is 0 Å². The molecule has 0 atom stereocenters. The normalized spacial score (nSPS) is 8.91. The van der Waals surface area contributed by atoms with Crippen LogP contribution in [0, 0.1) is 0 Å². The van der Waals surface area contributed by atoms with Gasteiger partial charge in [0.05, 0.1) is 4.47 Å². The van der Waals surface area contributed by atoms with Gasteiger partial charge < -0.3 is 10.3 Å². The Morgan fingerprint density at radius 2 is 2.09 bits per heavy atom. The fourth-order valence-corrected chi connectivity index (χ4v) is 1.00. The van der Waals surface area contributed by atoms with Crippen LogP contribution in [-0.4, -0.2) is 4.57 Å². The van der Waals surface area contributed by atoms with E-state index in [1.165, 1.54) is 4.57 Å². The Morgan fingerprint density at radius 3 is 2.55 bits per heavy atom. The molecule has 0 aliphatic heterocycles. The molecule has 0 amide bonds. The fraction of sp³-hybridized carbons (Fsp3) is 0.167. The number of nitrogens with one attached hydrogen (secondary N) is 1. The van der Waals surface area contributed by atoms with Gasteiger partial charge in [-0.25, -0.2) is 0 Å². The third-order valence-electron chi connectivity index (χ3n) is 1.26. The minimum Gasteiger partial charge on any atom is -0.482 e. The maximum atomic E-state index is 11.0. The van der Waals surface area contributed by atoms with Crippen LogP contribution in [0.15, 0.2) is 21.4 Å². The van der Waals surface area contributed by atoms with Crippen molar-refractivity contribution in [2.75, 3.05) is 0 Å². The Morgan fingerprint density at radius 1 is 1.55 bits per heavy atom. The van der Waals surface area contributed by atoms with Gasteiger partial charge in [0.2, 0.25) is 0 Å². The molecule has 0 saturated heterocycles. The maximum Gasteiger partial charge on any atom is 0.185 e. The first-order valence-corrected chi connectivity index (χ1v) is 3.49. The summed E-state index contributed by atoms with van der Waals surface area (Å²) in [6.07, 6.45) is 0. The molecule has 57 valence electrons. The molecule has 1 heterocycles. The second kappa shape index (κ2) is 4.38. The number of halogens is 1. The zero-order valence-corrected chi connectivity index (χ0v) is 10.4. The van der Waals surface area contributed by atoms with Crippen molar-refractivity contribution in [3.63, 3.8) is 0 Å². The molecular formula is C6H6BrN2OY-. The molecule has 0 spiro atoms. The minimum absolute atomic E-state index is 0. The summed E-state index contributed by atoms with van der Waals surface area (Å²) in [5, 5.41) is 0. The van der Waals surface area contributed by atoms with Crippen molar-refractivity contribution in [2.45, 2.75) is 0 Å². The van der Waals surface area contributed by atoms with Crippen LogP contribution in [0.1, 0.15) is 0 Å². The number of pyridine rings is 1. The molecule has 1 aromatic rings. The predicted molar refractivity (Wildman–Crippen MR) is 43.4 cm³/mol. The Balaban J connectivity index is 0.000001000. The summed E-state index contributed by atoms with van der Waals surface area (Å²) in [4.78, 5) is 11.0. The minimum atomic E-state index is -0.174. The van der Waals surface area contributed by atoms with Crippen molar-refractivity contribution in [3.8, 4) is 0 Å². The molecule has 0 saturated carbocycles. The van der Waals surface area contributed by atoms with Crippen LogP contribution < -0.4 is 5.56 Å². The maximum absolute atomic E-state index is 11.0. The SMILES string of the molecule is Cn1c([NH-])ccc(Br)c1=O.[Y]. The summed E-state index contributed by atoms with van der Waals surface area (Å²) in [5.74, 6) is 0.216. The Bertz CT molecular complexity index is 310. The van der Waals surface area contributed by atoms with Crippen molar-refractivity contribution in [2.24, 2.45) is 7.05 Å². The van der Waals surface area contributed by atoms with Crippen LogP contribution in [-0.2, 0) is 39.8 Å². The van der Waals surface area contributed by atoms with Gasteiger partial charge in [-0.1, -0.05) is 18.9 Å². The first-order valence-electron chi connectivity index (χ1n) is 2.70. The van der Waals surface area contributed by atoms with E-state index in [4.69, 9.17) is 5.73 Å². The number of nitrogens with zero attached hydrogens (tertiary/aromatic N) is 1. The van der Waals surface area contributed by atoms with Crippen LogP contribution in [0.25, 0.3) is 5.73 Å². The van der Waals surface area contributed by atoms with Crippen molar-refractivity contribution < 1.29 is 32.7 Å². The molecule has 1 rings (SSSR count). The van der Waals surface area contributed by atoms with Crippen LogP contribution in [0.2, 0.25) is 0 Å². The monoisotopic (exact) mass is 290 g/mol. The largest absolute Gasteiger partial charge is 0.482 e. The van der Waals surface area contributed by atoms with Crippen LogP contribution in [0.4, 0.5) is 5.82 Å². The molecule has 1 radical (unpaired) electrons. The third kappa shape index (κ3) is 2.39. The van der Waals surface area contributed by atoms with Crippen LogP contribution in [0.5, 0.6) is 0 Å². The van der Waals surface area contributed by atoms with E-state index in [-0.39, 0.29) is 44.1 Å². The van der Waals surface area contributed by atoms with E-state index in [0.717, 1.165) is 0 Å². The number of aromatic nitrogens is 1. The average molecular weight is 291 g/mol. The van der Waals surface area contributed by atoms with Gasteiger partial charge in [0.1, 0.15) is 0 Å². The molecule has 1 aromatic heterocycles. The van der Waals surface area contributed by atoms with Gasteiger partial charge in [-0.15, -0.1) is 0 Å². The number of hydrogen-bond acceptors (Lipinski definition) is 1. The molecule has 1 N–H and O–H groups in total. The van der Waals surface area contributed by atoms with Crippen molar-refractivity contribution in [3.05, 3.63) is 32.7 Å². The molecule has 5 heteroatoms. The average Bonchev–Trinajstić information content (AvgIpc) is 1.93. The van der Waals surface area contributed by atoms with Gasteiger partial charge in [-0.3, -0.25) is 4.79 Å². The summed E-state index contributed by atoms with van der Waals surface area (Å²) in [7, 11) is 1.56. The van der Waals surface area contributed by atoms with Gasteiger partial charge in [-0.2, -0.15) is 0 Å². The van der Waals surface area contributed by atoms with Crippen molar-refractivity contribution >= 4 is 21.7 Å². The molecule has 0 fully saturated rings. The molecule has 0 aliphatic rings. The van der Waals surface area contributed by atoms with E-state index in [9.17, 15) is 4.79 Å². The fourth-order valence-electron chi connectivity index (χ4n) is 0.605. The molecule has 0 bridgehead atoms. The van der Waals surface area contributed by atoms with Crippen LogP contribution in [0.3, 0.4) is 0 Å². The predicted octanol–water partition coefficient (Wildman–Crippen LogP) is 1.83. The van der Waals surface area contributed by atoms with E-state index in [0.29, 0.717) is 4.47 Å². The summed E-state index contributed by atoms with van der Waals surface area (Å²) in [6.45, 7) is 0. The second-order valence-corrected chi connectivity index (χ2v) is 2.79. The van der Waals surface area contributed by atoms with Gasteiger partial charge in [-0.05, 0) is 22.0 Å². The summed E-state index contributed by atoms with van der Waals surface area (Å²) in [5.41, 5.74) is 7.03. The Kier molecular flexibility index (Phi) is 4.51. The zero-order valence-electron chi connectivity index (χ0n) is 5.97. The number of rotatable bonds is 0. The van der Waals surface area contributed by atoms with E-state index < -0.39 is 0 Å². The van der Waals surface area contributed by atoms with Crippen molar-refractivity contribution in [1.29, 1.82) is 0 Å². The standard InChI is InChI=1S/C6H7BrN2O.Y/c1-9-5(8)3-2-4(7)6(9)10;/h2-3H,1H3,(H2,8,10);/p-1. The second-order valence-electron chi connectivity index (χ2n) is 1.93. The molecule has 0 aliphatic carbocycles. The first-order chi connectivity index (χ1) is 4.63. The van der Waals surface area contributed by atoms with Gasteiger partial charge in [0.15, 0.2) is 5.56 Å². The van der Waals surface area contributed by atoms with E-state index >= 15 is 0 Å². The van der Waals surface area contributed by atoms with Gasteiger partial charge >= 0.3 is 0 Å². The summed E-state index contributed by atoms with van der Waals surface area (Å²) < 4.78 is 1.76. The molecule has 0 unspecified atom stereocenters. The van der Waals surface area contributed by atoms with Gasteiger partial charge in [0.25, 0.3) is 0 Å². The summed E-state index contributed by atoms with van der Waals surface area (Å²) >= 11 is 3.06. The Hall–Kier alpha value is 0.334. The van der Waals surface area contributed by atoms with E-state index in [2.05, 4.69) is 15.9 Å². The van der Waals surface area contributed by atoms with Gasteiger partial charge in [0, 0.05) is 32.7 Å². The zero-order chi connectivity index (χ0) is 7.72. The first kappa shape index (κ1) is 11.3. The van der Waals surface area contributed by atoms with Crippen molar-refractivity contribution in [1.82, 2.24) is 4.57 Å². The number of hydrogen-bond donors (Lipinski definition) is 0. The molecule has 3 nitrogen and oxygen atoms in total. The Labute approximate surface area is 98.0 Å². The topological polar surface area (TPSA) is 45.8 Å². The quantitative estimate of drug-likeness (QED) is 0.719. The molecular weight excluding hydrogens is 285 g/mol. The third-order valence-corrected chi connectivity index (χ3v) is 1.86. The summed E-state index contributed by atoms with van der Waals surface area (Å²) in [6, 6.07) is 3.14. The van der Waals surface area contributed by atoms with Crippen LogP contribution >= 0.6 is 15.9 Å². The molecule has 0 aromatic carbocycles. The van der Waals surface area contributed by atoms with E-state index in [1.54, 1.807) is 19.2 Å². The molecule has 11 heavy (non-hydrogen) atoms. The smallest absolute Gasteiger partial charge is 0.185 e.